The largest absolute Gasteiger partial charge is 0.472 e. The molecule has 1 aromatic carbocycles. The third kappa shape index (κ3) is 2.84. The van der Waals surface area contributed by atoms with Gasteiger partial charge in [0.2, 0.25) is 0 Å². The molecule has 0 saturated heterocycles. The summed E-state index contributed by atoms with van der Waals surface area (Å²) < 4.78 is 5.31. The third-order valence-electron chi connectivity index (χ3n) is 4.68. The van der Waals surface area contributed by atoms with E-state index in [1.807, 2.05) is 24.3 Å². The maximum Gasteiger partial charge on any atom is 0.189 e. The molecule has 27 heavy (non-hydrogen) atoms. The highest BCUT2D eigenvalue weighted by Gasteiger charge is 2.16. The molecule has 134 valence electrons. The van der Waals surface area contributed by atoms with Gasteiger partial charge in [0, 0.05) is 28.6 Å². The van der Waals surface area contributed by atoms with E-state index in [9.17, 15) is 0 Å². The zero-order chi connectivity index (χ0) is 18.2. The number of aromatic amines is 1. The van der Waals surface area contributed by atoms with E-state index in [-0.39, 0.29) is 0 Å². The molecule has 4 heterocycles. The van der Waals surface area contributed by atoms with E-state index in [4.69, 9.17) is 9.40 Å². The number of amidine groups is 1. The van der Waals surface area contributed by atoms with Gasteiger partial charge in [0.05, 0.1) is 18.2 Å². The molecule has 7 heteroatoms. The molecule has 7 nitrogen and oxygen atoms in total. The van der Waals surface area contributed by atoms with E-state index in [2.05, 4.69) is 51.7 Å². The van der Waals surface area contributed by atoms with Crippen LogP contribution in [-0.4, -0.2) is 15.8 Å². The summed E-state index contributed by atoms with van der Waals surface area (Å²) in [6.07, 6.45) is 4.16. The monoisotopic (exact) mass is 358 g/mol. The second-order valence-electron chi connectivity index (χ2n) is 6.55. The van der Waals surface area contributed by atoms with Crippen LogP contribution in [0.3, 0.4) is 0 Å². The Bertz CT molecular complexity index is 1140. The fraction of sp³-hybridized carbons (Fsp3) is 0.100. The maximum atomic E-state index is 5.31. The number of pyridine rings is 1. The summed E-state index contributed by atoms with van der Waals surface area (Å²) >= 11 is 0. The first kappa shape index (κ1) is 15.7. The van der Waals surface area contributed by atoms with Crippen LogP contribution >= 0.6 is 0 Å². The van der Waals surface area contributed by atoms with E-state index < -0.39 is 0 Å². The van der Waals surface area contributed by atoms with Crippen LogP contribution in [-0.2, 0) is 6.42 Å². The van der Waals surface area contributed by atoms with Crippen molar-refractivity contribution in [2.45, 2.75) is 13.3 Å². The summed E-state index contributed by atoms with van der Waals surface area (Å²) in [7, 11) is 0. The minimum Gasteiger partial charge on any atom is -0.472 e. The molecule has 0 unspecified atom stereocenters. The highest BCUT2D eigenvalue weighted by molar-refractivity contribution is 5.97. The molecule has 0 atom stereocenters. The summed E-state index contributed by atoms with van der Waals surface area (Å²) in [5.74, 6) is 0.668. The average molecular weight is 358 g/mol. The number of hydrazine groups is 2. The molecule has 0 fully saturated rings. The Labute approximate surface area is 155 Å². The minimum atomic E-state index is 0.668. The number of hydrogen-bond acceptors (Lipinski definition) is 6. The average Bonchev–Trinajstić information content (AvgIpc) is 3.43. The Morgan fingerprint density at radius 1 is 1.11 bits per heavy atom. The fourth-order valence-electron chi connectivity index (χ4n) is 3.42. The topological polar surface area (TPSA) is 90.3 Å². The molecule has 1 aliphatic heterocycles. The van der Waals surface area contributed by atoms with E-state index in [1.54, 1.807) is 12.5 Å². The highest BCUT2D eigenvalue weighted by atomic mass is 16.3. The van der Waals surface area contributed by atoms with Gasteiger partial charge in [-0.3, -0.25) is 5.43 Å². The van der Waals surface area contributed by atoms with Crippen LogP contribution in [0.1, 0.15) is 22.5 Å². The first-order valence-corrected chi connectivity index (χ1v) is 8.72. The number of benzene rings is 1. The van der Waals surface area contributed by atoms with E-state index in [0.29, 0.717) is 12.3 Å². The molecule has 0 bridgehead atoms. The Balaban J connectivity index is 1.60. The van der Waals surface area contributed by atoms with E-state index in [0.717, 1.165) is 28.2 Å². The van der Waals surface area contributed by atoms with Crippen molar-refractivity contribution < 1.29 is 4.42 Å². The number of fused-ring (bicyclic) bond motifs is 1. The number of aromatic nitrogens is 2. The lowest BCUT2D eigenvalue weighted by Crippen LogP contribution is -2.35. The van der Waals surface area contributed by atoms with Gasteiger partial charge < -0.3 is 9.40 Å². The van der Waals surface area contributed by atoms with Gasteiger partial charge in [-0.05, 0) is 42.3 Å². The van der Waals surface area contributed by atoms with Crippen molar-refractivity contribution in [1.29, 1.82) is 0 Å². The smallest absolute Gasteiger partial charge is 0.189 e. The van der Waals surface area contributed by atoms with Crippen LogP contribution in [0.4, 0.5) is 0 Å². The predicted molar refractivity (Wildman–Crippen MR) is 104 cm³/mol. The summed E-state index contributed by atoms with van der Waals surface area (Å²) in [6.45, 7) is 2.10. The molecule has 4 aromatic rings. The quantitative estimate of drug-likeness (QED) is 0.450. The number of furan rings is 1. The van der Waals surface area contributed by atoms with Crippen molar-refractivity contribution >= 4 is 16.7 Å². The fourth-order valence-corrected chi connectivity index (χ4v) is 3.42. The molecule has 0 radical (unpaired) electrons. The lowest BCUT2D eigenvalue weighted by Gasteiger charge is -2.06. The second-order valence-corrected chi connectivity index (χ2v) is 6.55. The van der Waals surface area contributed by atoms with Crippen LogP contribution in [0.25, 0.3) is 22.2 Å². The summed E-state index contributed by atoms with van der Waals surface area (Å²) in [4.78, 5) is 8.32. The number of nitrogens with zero attached hydrogens (tertiary/aromatic N) is 2. The molecular weight excluding hydrogens is 340 g/mol. The molecule has 4 N–H and O–H groups in total. The van der Waals surface area contributed by atoms with Crippen molar-refractivity contribution in [2.24, 2.45) is 5.10 Å². The third-order valence-corrected chi connectivity index (χ3v) is 4.68. The molecule has 5 rings (SSSR count). The number of nitrogens with one attached hydrogen (secondary N) is 4. The van der Waals surface area contributed by atoms with Gasteiger partial charge in [0.1, 0.15) is 5.69 Å². The van der Waals surface area contributed by atoms with Crippen LogP contribution in [0.2, 0.25) is 0 Å². The molecule has 3 aromatic heterocycles. The number of hydrazone groups is 1. The Kier molecular flexibility index (Phi) is 3.65. The van der Waals surface area contributed by atoms with Crippen molar-refractivity contribution in [2.75, 3.05) is 0 Å². The normalized spacial score (nSPS) is 13.4. The lowest BCUT2D eigenvalue weighted by atomic mass is 10.0. The zero-order valence-corrected chi connectivity index (χ0v) is 14.7. The number of hydrogen-bond donors (Lipinski definition) is 4. The number of rotatable bonds is 4. The number of aryl methyl sites for hydroxylation is 1. The number of H-pyrrole nitrogens is 1. The van der Waals surface area contributed by atoms with E-state index in [1.165, 1.54) is 16.5 Å². The molecule has 1 aliphatic rings. The van der Waals surface area contributed by atoms with Gasteiger partial charge in [-0.2, -0.15) is 0 Å². The van der Waals surface area contributed by atoms with Crippen LogP contribution in [0.15, 0.2) is 64.5 Å². The van der Waals surface area contributed by atoms with Gasteiger partial charge >= 0.3 is 0 Å². The van der Waals surface area contributed by atoms with E-state index >= 15 is 0 Å². The van der Waals surface area contributed by atoms with Gasteiger partial charge in [0.25, 0.3) is 0 Å². The summed E-state index contributed by atoms with van der Waals surface area (Å²) in [6, 6.07) is 14.4. The van der Waals surface area contributed by atoms with Crippen molar-refractivity contribution in [1.82, 2.24) is 26.5 Å². The van der Waals surface area contributed by atoms with Gasteiger partial charge in [0.15, 0.2) is 5.84 Å². The highest BCUT2D eigenvalue weighted by Crippen LogP contribution is 2.32. The molecular formula is C20H18N6O. The Morgan fingerprint density at radius 3 is 2.89 bits per heavy atom. The first-order valence-electron chi connectivity index (χ1n) is 8.72. The molecule has 0 spiro atoms. The lowest BCUT2D eigenvalue weighted by molar-refractivity contribution is 0.568. The Hall–Kier alpha value is -3.58. The summed E-state index contributed by atoms with van der Waals surface area (Å²) in [5, 5.41) is 5.32. The molecule has 0 amide bonds. The van der Waals surface area contributed by atoms with Crippen LogP contribution < -0.4 is 16.5 Å². The molecule has 0 aliphatic carbocycles. The second kappa shape index (κ2) is 6.30. The first-order chi connectivity index (χ1) is 13.3. The van der Waals surface area contributed by atoms with Gasteiger partial charge in [-0.15, -0.1) is 10.6 Å². The summed E-state index contributed by atoms with van der Waals surface area (Å²) in [5.41, 5.74) is 15.7. The standard InChI is InChI=1S/C20H18N6O/c1-12-5-6-15-16(19(22-18(15)9-12)13-7-8-27-11-13)10-14-3-2-4-17(21-14)20-23-25-26-24-20/h2-9,11,22,25-26H,10H2,1H3,(H,23,24). The maximum absolute atomic E-state index is 5.31. The zero-order valence-electron chi connectivity index (χ0n) is 14.7. The molecule has 0 saturated carbocycles. The van der Waals surface area contributed by atoms with Crippen LogP contribution in [0, 0.1) is 6.92 Å². The van der Waals surface area contributed by atoms with Crippen molar-refractivity contribution in [3.8, 4) is 11.3 Å². The SMILES string of the molecule is Cc1ccc2c(Cc3cccc(C4=NNNN4)n3)c(-c3ccoc3)[nH]c2c1. The van der Waals surface area contributed by atoms with Gasteiger partial charge in [-0.25, -0.2) is 10.5 Å². The van der Waals surface area contributed by atoms with Crippen molar-refractivity contribution in [3.05, 3.63) is 77.5 Å². The predicted octanol–water partition coefficient (Wildman–Crippen LogP) is 3.00. The van der Waals surface area contributed by atoms with Crippen LogP contribution in [0.5, 0.6) is 0 Å². The Morgan fingerprint density at radius 2 is 2.07 bits per heavy atom. The van der Waals surface area contributed by atoms with Gasteiger partial charge in [-0.1, -0.05) is 18.2 Å². The minimum absolute atomic E-state index is 0.668. The van der Waals surface area contributed by atoms with Crippen molar-refractivity contribution in [3.63, 3.8) is 0 Å².